The lowest BCUT2D eigenvalue weighted by Crippen LogP contribution is -2.73. The van der Waals surface area contributed by atoms with E-state index in [2.05, 4.69) is 4.72 Å². The Morgan fingerprint density at radius 1 is 1.15 bits per heavy atom. The van der Waals surface area contributed by atoms with Gasteiger partial charge < -0.3 is 10.0 Å². The minimum atomic E-state index is -3.54. The highest BCUT2D eigenvalue weighted by Gasteiger charge is 2.56. The van der Waals surface area contributed by atoms with Gasteiger partial charge in [-0.25, -0.2) is 4.79 Å². The third kappa shape index (κ3) is 2.20. The van der Waals surface area contributed by atoms with Crippen molar-refractivity contribution in [3.63, 3.8) is 0 Å². The van der Waals surface area contributed by atoms with E-state index in [1.807, 2.05) is 6.07 Å². The zero-order valence-corrected chi connectivity index (χ0v) is 11.5. The number of likely N-dealkylation sites (tertiary alicyclic amines) is 1. The lowest BCUT2D eigenvalue weighted by molar-refractivity contribution is -0.0661. The first-order valence-electron chi connectivity index (χ1n) is 6.21. The van der Waals surface area contributed by atoms with Gasteiger partial charge in [0.05, 0.1) is 0 Å². The number of carbonyl (C=O) groups is 1. The molecule has 2 N–H and O–H groups in total. The molecule has 3 rings (SSSR count). The molecule has 8 heteroatoms. The van der Waals surface area contributed by atoms with Crippen LogP contribution < -0.4 is 4.72 Å². The molecule has 0 bridgehead atoms. The van der Waals surface area contributed by atoms with Crippen LogP contribution in [-0.2, 0) is 10.2 Å². The van der Waals surface area contributed by atoms with Gasteiger partial charge in [-0.15, -0.1) is 0 Å². The van der Waals surface area contributed by atoms with Crippen LogP contribution in [0.1, 0.15) is 0 Å². The number of para-hydroxylation sites is 1. The molecule has 20 heavy (non-hydrogen) atoms. The van der Waals surface area contributed by atoms with Gasteiger partial charge in [0, 0.05) is 37.3 Å². The Morgan fingerprint density at radius 3 is 2.30 bits per heavy atom. The zero-order valence-electron chi connectivity index (χ0n) is 10.7. The quantitative estimate of drug-likeness (QED) is 0.856. The van der Waals surface area contributed by atoms with E-state index in [0.717, 1.165) is 0 Å². The Morgan fingerprint density at radius 2 is 1.75 bits per heavy atom. The molecule has 108 valence electrons. The number of nitrogens with one attached hydrogen (secondary N) is 1. The Bertz CT molecular complexity index is 617. The summed E-state index contributed by atoms with van der Waals surface area (Å²) in [6, 6.07) is 8.69. The fourth-order valence-electron chi connectivity index (χ4n) is 2.69. The Labute approximate surface area is 117 Å². The van der Waals surface area contributed by atoms with Crippen LogP contribution in [0.25, 0.3) is 0 Å². The van der Waals surface area contributed by atoms with Crippen molar-refractivity contribution in [1.29, 1.82) is 0 Å². The first-order chi connectivity index (χ1) is 9.40. The van der Waals surface area contributed by atoms with Crippen molar-refractivity contribution in [2.75, 3.05) is 30.9 Å². The average Bonchev–Trinajstić information content (AvgIpc) is 2.24. The summed E-state index contributed by atoms with van der Waals surface area (Å²) in [7, 11) is -3.54. The molecule has 0 atom stereocenters. The van der Waals surface area contributed by atoms with Gasteiger partial charge >= 0.3 is 16.3 Å². The van der Waals surface area contributed by atoms with Crippen LogP contribution in [0.2, 0.25) is 0 Å². The topological polar surface area (TPSA) is 90.0 Å². The van der Waals surface area contributed by atoms with Crippen molar-refractivity contribution in [1.82, 2.24) is 9.21 Å². The predicted molar refractivity (Wildman–Crippen MR) is 72.6 cm³/mol. The van der Waals surface area contributed by atoms with E-state index in [0.29, 0.717) is 31.9 Å². The maximum absolute atomic E-state index is 12.1. The molecule has 0 aliphatic carbocycles. The van der Waals surface area contributed by atoms with Gasteiger partial charge in [-0.05, 0) is 12.1 Å². The highest BCUT2D eigenvalue weighted by atomic mass is 32.2. The molecule has 1 spiro atoms. The maximum Gasteiger partial charge on any atom is 0.407 e. The molecular formula is C12H15N3O4S. The minimum Gasteiger partial charge on any atom is -0.465 e. The van der Waals surface area contributed by atoms with Crippen LogP contribution in [-0.4, -0.2) is 55.0 Å². The summed E-state index contributed by atoms with van der Waals surface area (Å²) in [5.41, 5.74) is 0.346. The molecule has 2 aliphatic rings. The van der Waals surface area contributed by atoms with E-state index >= 15 is 0 Å². The standard InChI is InChI=1S/C12H15N3O4S/c16-11(17)14-6-12(7-14)8-15(9-12)20(18,19)13-10-4-2-1-3-5-10/h1-5,13H,6-9H2,(H,16,17). The Balaban J connectivity index is 1.58. The largest absolute Gasteiger partial charge is 0.465 e. The molecule has 0 aromatic heterocycles. The van der Waals surface area contributed by atoms with E-state index in [1.54, 1.807) is 24.3 Å². The number of hydrogen-bond donors (Lipinski definition) is 2. The summed E-state index contributed by atoms with van der Waals surface area (Å²) >= 11 is 0. The summed E-state index contributed by atoms with van der Waals surface area (Å²) in [6.07, 6.45) is -0.945. The van der Waals surface area contributed by atoms with Crippen LogP contribution in [0.3, 0.4) is 0 Å². The minimum absolute atomic E-state index is 0.177. The van der Waals surface area contributed by atoms with Crippen LogP contribution >= 0.6 is 0 Å². The summed E-state index contributed by atoms with van der Waals surface area (Å²) in [6.45, 7) is 1.58. The van der Waals surface area contributed by atoms with Crippen molar-refractivity contribution in [2.45, 2.75) is 0 Å². The van der Waals surface area contributed by atoms with Crippen LogP contribution in [0.4, 0.5) is 10.5 Å². The van der Waals surface area contributed by atoms with Crippen LogP contribution in [0.15, 0.2) is 30.3 Å². The summed E-state index contributed by atoms with van der Waals surface area (Å²) < 4.78 is 28.1. The SMILES string of the molecule is O=C(O)N1CC2(C1)CN(S(=O)(=O)Nc1ccccc1)C2. The van der Waals surface area contributed by atoms with Gasteiger partial charge in [-0.2, -0.15) is 12.7 Å². The Kier molecular flexibility index (Phi) is 2.87. The number of carboxylic acid groups (broad SMARTS) is 1. The number of benzene rings is 1. The van der Waals surface area contributed by atoms with Gasteiger partial charge in [0.25, 0.3) is 0 Å². The normalized spacial score (nSPS) is 21.1. The molecule has 7 nitrogen and oxygen atoms in total. The van der Waals surface area contributed by atoms with Crippen molar-refractivity contribution in [3.8, 4) is 0 Å². The number of amides is 1. The van der Waals surface area contributed by atoms with E-state index in [4.69, 9.17) is 5.11 Å². The summed E-state index contributed by atoms with van der Waals surface area (Å²) in [5.74, 6) is 0. The third-order valence-corrected chi connectivity index (χ3v) is 5.14. The molecule has 1 aromatic rings. The van der Waals surface area contributed by atoms with Crippen molar-refractivity contribution in [2.24, 2.45) is 5.41 Å². The lowest BCUT2D eigenvalue weighted by atomic mass is 9.75. The van der Waals surface area contributed by atoms with Gasteiger partial charge in [-0.3, -0.25) is 4.72 Å². The smallest absolute Gasteiger partial charge is 0.407 e. The van der Waals surface area contributed by atoms with E-state index in [9.17, 15) is 13.2 Å². The Hall–Kier alpha value is -1.80. The van der Waals surface area contributed by atoms with Gasteiger partial charge in [0.1, 0.15) is 0 Å². The summed E-state index contributed by atoms with van der Waals surface area (Å²) in [5, 5.41) is 8.79. The van der Waals surface area contributed by atoms with E-state index < -0.39 is 16.3 Å². The van der Waals surface area contributed by atoms with Gasteiger partial charge in [-0.1, -0.05) is 18.2 Å². The molecular weight excluding hydrogens is 282 g/mol. The fraction of sp³-hybridized carbons (Fsp3) is 0.417. The lowest BCUT2D eigenvalue weighted by Gasteiger charge is -2.58. The maximum atomic E-state index is 12.1. The molecule has 0 radical (unpaired) electrons. The molecule has 0 unspecified atom stereocenters. The monoisotopic (exact) mass is 297 g/mol. The average molecular weight is 297 g/mol. The van der Waals surface area contributed by atoms with Gasteiger partial charge in [0.15, 0.2) is 0 Å². The first-order valence-corrected chi connectivity index (χ1v) is 7.65. The van der Waals surface area contributed by atoms with Gasteiger partial charge in [0.2, 0.25) is 0 Å². The fourth-order valence-corrected chi connectivity index (χ4v) is 4.14. The second-order valence-corrected chi connectivity index (χ2v) is 7.05. The van der Waals surface area contributed by atoms with E-state index in [1.165, 1.54) is 9.21 Å². The number of anilines is 1. The molecule has 2 saturated heterocycles. The number of rotatable bonds is 3. The molecule has 0 saturated carbocycles. The molecule has 2 heterocycles. The van der Waals surface area contributed by atoms with Crippen LogP contribution in [0.5, 0.6) is 0 Å². The highest BCUT2D eigenvalue weighted by molar-refractivity contribution is 7.90. The number of nitrogens with zero attached hydrogens (tertiary/aromatic N) is 2. The first kappa shape index (κ1) is 13.2. The zero-order chi connectivity index (χ0) is 14.4. The summed E-state index contributed by atoms with van der Waals surface area (Å²) in [4.78, 5) is 12.0. The number of hydrogen-bond acceptors (Lipinski definition) is 3. The highest BCUT2D eigenvalue weighted by Crippen LogP contribution is 2.40. The molecule has 1 aromatic carbocycles. The second kappa shape index (κ2) is 4.35. The van der Waals surface area contributed by atoms with Crippen molar-refractivity contribution < 1.29 is 18.3 Å². The second-order valence-electron chi connectivity index (χ2n) is 5.38. The predicted octanol–water partition coefficient (Wildman–Crippen LogP) is 0.639. The van der Waals surface area contributed by atoms with Crippen molar-refractivity contribution >= 4 is 22.0 Å². The van der Waals surface area contributed by atoms with E-state index in [-0.39, 0.29) is 5.41 Å². The molecule has 2 aliphatic heterocycles. The van der Waals surface area contributed by atoms with Crippen LogP contribution in [0, 0.1) is 5.41 Å². The third-order valence-electron chi connectivity index (χ3n) is 3.71. The molecule has 1 amide bonds. The van der Waals surface area contributed by atoms with Crippen molar-refractivity contribution in [3.05, 3.63) is 30.3 Å². The molecule has 2 fully saturated rings.